The zero-order valence-corrected chi connectivity index (χ0v) is 12.1. The van der Waals surface area contributed by atoms with Gasteiger partial charge >= 0.3 is 0 Å². The molecule has 19 heavy (non-hydrogen) atoms. The summed E-state index contributed by atoms with van der Waals surface area (Å²) in [5.74, 6) is 1.25. The van der Waals surface area contributed by atoms with E-state index in [1.54, 1.807) is 7.11 Å². The molecule has 0 aliphatic carbocycles. The Bertz CT molecular complexity index is 400. The lowest BCUT2D eigenvalue weighted by Crippen LogP contribution is -2.30. The molecule has 1 aromatic heterocycles. The van der Waals surface area contributed by atoms with Crippen molar-refractivity contribution < 1.29 is 4.74 Å². The summed E-state index contributed by atoms with van der Waals surface area (Å²) in [6.45, 7) is 8.91. The maximum absolute atomic E-state index is 5.21. The summed E-state index contributed by atoms with van der Waals surface area (Å²) in [5, 5.41) is 3.40. The van der Waals surface area contributed by atoms with Crippen LogP contribution in [0.25, 0.3) is 0 Å². The highest BCUT2D eigenvalue weighted by Gasteiger charge is 2.15. The smallest absolute Gasteiger partial charge is 0.225 e. The number of nitrogens with zero attached hydrogens (tertiary/aromatic N) is 3. The van der Waals surface area contributed by atoms with Crippen molar-refractivity contribution in [2.24, 2.45) is 0 Å². The molecular formula is C14H24N4O. The van der Waals surface area contributed by atoms with Crippen molar-refractivity contribution in [1.82, 2.24) is 15.3 Å². The van der Waals surface area contributed by atoms with E-state index in [0.29, 0.717) is 12.5 Å². The SMILES string of the molecule is COCc1cc(C(C)C)nc(N2CCCNCC2)n1. The van der Waals surface area contributed by atoms with E-state index in [9.17, 15) is 0 Å². The van der Waals surface area contributed by atoms with Crippen LogP contribution in [0, 0.1) is 0 Å². The lowest BCUT2D eigenvalue weighted by Gasteiger charge is -2.21. The van der Waals surface area contributed by atoms with Crippen LogP contribution in [0.3, 0.4) is 0 Å². The van der Waals surface area contributed by atoms with Gasteiger partial charge in [0.25, 0.3) is 0 Å². The Labute approximate surface area is 115 Å². The normalized spacial score (nSPS) is 16.7. The van der Waals surface area contributed by atoms with E-state index in [1.165, 1.54) is 0 Å². The standard InChI is InChI=1S/C14H24N4O/c1-11(2)13-9-12(10-19-3)16-14(17-13)18-7-4-5-15-6-8-18/h9,11,15H,4-8,10H2,1-3H3. The first-order valence-corrected chi connectivity index (χ1v) is 7.03. The predicted octanol–water partition coefficient (Wildman–Crippen LogP) is 1.55. The second kappa shape index (κ2) is 6.82. The van der Waals surface area contributed by atoms with Gasteiger partial charge in [-0.3, -0.25) is 0 Å². The average molecular weight is 264 g/mol. The van der Waals surface area contributed by atoms with Gasteiger partial charge in [0, 0.05) is 32.4 Å². The zero-order valence-electron chi connectivity index (χ0n) is 12.1. The van der Waals surface area contributed by atoms with E-state index in [-0.39, 0.29) is 0 Å². The molecule has 106 valence electrons. The van der Waals surface area contributed by atoms with Gasteiger partial charge < -0.3 is 15.0 Å². The highest BCUT2D eigenvalue weighted by Crippen LogP contribution is 2.18. The van der Waals surface area contributed by atoms with Crippen molar-refractivity contribution in [3.63, 3.8) is 0 Å². The van der Waals surface area contributed by atoms with Crippen molar-refractivity contribution in [2.75, 3.05) is 38.2 Å². The minimum Gasteiger partial charge on any atom is -0.378 e. The van der Waals surface area contributed by atoms with Crippen molar-refractivity contribution in [2.45, 2.75) is 32.8 Å². The van der Waals surface area contributed by atoms with E-state index < -0.39 is 0 Å². The Balaban J connectivity index is 2.26. The number of nitrogens with one attached hydrogen (secondary N) is 1. The zero-order chi connectivity index (χ0) is 13.7. The molecule has 5 nitrogen and oxygen atoms in total. The molecule has 0 bridgehead atoms. The Morgan fingerprint density at radius 1 is 1.32 bits per heavy atom. The highest BCUT2D eigenvalue weighted by atomic mass is 16.5. The second-order valence-corrected chi connectivity index (χ2v) is 5.26. The van der Waals surface area contributed by atoms with Crippen LogP contribution in [0.1, 0.15) is 37.6 Å². The van der Waals surface area contributed by atoms with Gasteiger partial charge in [0.05, 0.1) is 12.3 Å². The second-order valence-electron chi connectivity index (χ2n) is 5.26. The highest BCUT2D eigenvalue weighted by molar-refractivity contribution is 5.33. The van der Waals surface area contributed by atoms with E-state index >= 15 is 0 Å². The Morgan fingerprint density at radius 2 is 2.16 bits per heavy atom. The average Bonchev–Trinajstić information content (AvgIpc) is 2.67. The molecule has 2 heterocycles. The first-order chi connectivity index (χ1) is 9.20. The third kappa shape index (κ3) is 3.88. The van der Waals surface area contributed by atoms with Gasteiger partial charge in [0.1, 0.15) is 0 Å². The topological polar surface area (TPSA) is 50.3 Å². The first kappa shape index (κ1) is 14.2. The summed E-state index contributed by atoms with van der Waals surface area (Å²) < 4.78 is 5.21. The molecule has 2 rings (SSSR count). The van der Waals surface area contributed by atoms with Crippen LogP contribution in [0.5, 0.6) is 0 Å². The van der Waals surface area contributed by atoms with Crippen LogP contribution >= 0.6 is 0 Å². The quantitative estimate of drug-likeness (QED) is 0.894. The summed E-state index contributed by atoms with van der Waals surface area (Å²) in [5.41, 5.74) is 2.06. The molecule has 1 aliphatic rings. The maximum atomic E-state index is 5.21. The van der Waals surface area contributed by atoms with Gasteiger partial charge in [-0.05, 0) is 24.9 Å². The van der Waals surface area contributed by atoms with Gasteiger partial charge in [0.2, 0.25) is 5.95 Å². The van der Waals surface area contributed by atoms with Crippen LogP contribution < -0.4 is 10.2 Å². The molecule has 0 saturated carbocycles. The van der Waals surface area contributed by atoms with Crippen molar-refractivity contribution >= 4 is 5.95 Å². The van der Waals surface area contributed by atoms with Gasteiger partial charge in [-0.2, -0.15) is 0 Å². The van der Waals surface area contributed by atoms with Crippen molar-refractivity contribution in [1.29, 1.82) is 0 Å². The molecule has 0 aromatic carbocycles. The Morgan fingerprint density at radius 3 is 2.89 bits per heavy atom. The fraction of sp³-hybridized carbons (Fsp3) is 0.714. The molecule has 5 heteroatoms. The summed E-state index contributed by atoms with van der Waals surface area (Å²) in [7, 11) is 1.70. The molecule has 1 aromatic rings. The fourth-order valence-corrected chi connectivity index (χ4v) is 2.21. The molecule has 1 saturated heterocycles. The van der Waals surface area contributed by atoms with E-state index in [4.69, 9.17) is 9.72 Å². The van der Waals surface area contributed by atoms with E-state index in [1.807, 2.05) is 6.07 Å². The summed E-state index contributed by atoms with van der Waals surface area (Å²) in [4.78, 5) is 11.6. The number of hydrogen-bond donors (Lipinski definition) is 1. The third-order valence-electron chi connectivity index (χ3n) is 3.29. The lowest BCUT2D eigenvalue weighted by molar-refractivity contribution is 0.181. The van der Waals surface area contributed by atoms with Gasteiger partial charge in [-0.1, -0.05) is 13.8 Å². The van der Waals surface area contributed by atoms with E-state index in [0.717, 1.165) is 49.9 Å². The van der Waals surface area contributed by atoms with Crippen LogP contribution in [0.2, 0.25) is 0 Å². The van der Waals surface area contributed by atoms with Crippen LogP contribution in [-0.4, -0.2) is 43.3 Å². The van der Waals surface area contributed by atoms with Crippen molar-refractivity contribution in [3.05, 3.63) is 17.5 Å². The molecule has 1 N–H and O–H groups in total. The molecule has 0 amide bonds. The molecule has 0 radical (unpaired) electrons. The number of methoxy groups -OCH3 is 1. The maximum Gasteiger partial charge on any atom is 0.225 e. The Hall–Kier alpha value is -1.20. The van der Waals surface area contributed by atoms with Crippen LogP contribution in [-0.2, 0) is 11.3 Å². The van der Waals surface area contributed by atoms with E-state index in [2.05, 4.69) is 29.0 Å². The Kier molecular flexibility index (Phi) is 5.10. The minimum atomic E-state index is 0.405. The van der Waals surface area contributed by atoms with Gasteiger partial charge in [0.15, 0.2) is 0 Å². The number of hydrogen-bond acceptors (Lipinski definition) is 5. The third-order valence-corrected chi connectivity index (χ3v) is 3.29. The largest absolute Gasteiger partial charge is 0.378 e. The minimum absolute atomic E-state index is 0.405. The lowest BCUT2D eigenvalue weighted by atomic mass is 10.1. The summed E-state index contributed by atoms with van der Waals surface area (Å²) in [6, 6.07) is 2.05. The first-order valence-electron chi connectivity index (χ1n) is 7.03. The summed E-state index contributed by atoms with van der Waals surface area (Å²) >= 11 is 0. The summed E-state index contributed by atoms with van der Waals surface area (Å²) in [6.07, 6.45) is 1.13. The number of ether oxygens (including phenoxy) is 1. The predicted molar refractivity (Wildman–Crippen MR) is 76.5 cm³/mol. The van der Waals surface area contributed by atoms with Crippen LogP contribution in [0.4, 0.5) is 5.95 Å². The molecule has 1 aliphatic heterocycles. The molecular weight excluding hydrogens is 240 g/mol. The fourth-order valence-electron chi connectivity index (χ4n) is 2.21. The monoisotopic (exact) mass is 264 g/mol. The van der Waals surface area contributed by atoms with Gasteiger partial charge in [-0.25, -0.2) is 9.97 Å². The molecule has 0 atom stereocenters. The molecule has 1 fully saturated rings. The van der Waals surface area contributed by atoms with Crippen molar-refractivity contribution in [3.8, 4) is 0 Å². The molecule has 0 unspecified atom stereocenters. The number of aromatic nitrogens is 2. The number of rotatable bonds is 4. The molecule has 0 spiro atoms. The van der Waals surface area contributed by atoms with Crippen LogP contribution in [0.15, 0.2) is 6.07 Å². The number of anilines is 1. The van der Waals surface area contributed by atoms with Gasteiger partial charge in [-0.15, -0.1) is 0 Å².